The van der Waals surface area contributed by atoms with E-state index >= 15 is 0 Å². The average molecular weight is 342 g/mol. The predicted octanol–water partition coefficient (Wildman–Crippen LogP) is 1.65. The van der Waals surface area contributed by atoms with Gasteiger partial charge in [-0.05, 0) is 35.2 Å². The number of aryl methyl sites for hydroxylation is 1. The van der Waals surface area contributed by atoms with Crippen LogP contribution in [-0.2, 0) is 16.5 Å². The maximum absolute atomic E-state index is 11.4. The van der Waals surface area contributed by atoms with Gasteiger partial charge in [-0.2, -0.15) is 0 Å². The summed E-state index contributed by atoms with van der Waals surface area (Å²) in [6.07, 6.45) is 8.27. The Morgan fingerprint density at radius 1 is 0.870 bits per heavy atom. The minimum atomic E-state index is -4.43. The fraction of sp³-hybridized carbons (Fsp3) is 0.444. The molecule has 0 spiro atoms. The largest absolute Gasteiger partial charge is 1.00 e. The van der Waals surface area contributed by atoms with E-state index in [9.17, 15) is 13.0 Å². The molecule has 0 N–H and O–H groups in total. The number of hydrogen-bond acceptors (Lipinski definition) is 3. The molecule has 0 amide bonds. The number of unbranched alkanes of at least 4 members (excludes halogenated alkanes) is 5. The second kappa shape index (κ2) is 9.80. The fourth-order valence-corrected chi connectivity index (χ4v) is 3.57. The Balaban J connectivity index is 0.00000264. The summed E-state index contributed by atoms with van der Waals surface area (Å²) in [7, 11) is -4.43. The molecule has 3 nitrogen and oxygen atoms in total. The van der Waals surface area contributed by atoms with Crippen LogP contribution in [0.15, 0.2) is 41.3 Å². The number of fused-ring (bicyclic) bond motifs is 1. The summed E-state index contributed by atoms with van der Waals surface area (Å²) in [6.45, 7) is 2.21. The summed E-state index contributed by atoms with van der Waals surface area (Å²) in [4.78, 5) is -0.116. The van der Waals surface area contributed by atoms with Crippen molar-refractivity contribution in [1.29, 1.82) is 0 Å². The molecule has 120 valence electrons. The van der Waals surface area contributed by atoms with Gasteiger partial charge >= 0.3 is 29.6 Å². The Morgan fingerprint density at radius 2 is 1.48 bits per heavy atom. The van der Waals surface area contributed by atoms with Gasteiger partial charge in [-0.1, -0.05) is 69.4 Å². The SMILES string of the molecule is CCCCCCCCc1cccc2c(S(=O)(=O)[O-])cccc12.[Na+]. The molecule has 0 bridgehead atoms. The van der Waals surface area contributed by atoms with Crippen molar-refractivity contribution in [2.24, 2.45) is 0 Å². The fourth-order valence-electron chi connectivity index (χ4n) is 2.88. The average Bonchev–Trinajstić information content (AvgIpc) is 2.49. The zero-order valence-corrected chi connectivity index (χ0v) is 16.9. The zero-order chi connectivity index (χ0) is 16.0. The summed E-state index contributed by atoms with van der Waals surface area (Å²) in [5, 5.41) is 1.42. The minimum absolute atomic E-state index is 0. The van der Waals surface area contributed by atoms with Crippen LogP contribution in [0.1, 0.15) is 51.0 Å². The van der Waals surface area contributed by atoms with Crippen LogP contribution in [0.4, 0.5) is 0 Å². The molecular formula is C18H23NaO3S. The Kier molecular flexibility index (Phi) is 8.80. The molecular weight excluding hydrogens is 319 g/mol. The predicted molar refractivity (Wildman–Crippen MR) is 89.0 cm³/mol. The Hall–Kier alpha value is -0.390. The molecule has 0 heterocycles. The van der Waals surface area contributed by atoms with Gasteiger partial charge in [0.25, 0.3) is 0 Å². The van der Waals surface area contributed by atoms with Crippen LogP contribution in [0.3, 0.4) is 0 Å². The minimum Gasteiger partial charge on any atom is -0.744 e. The molecule has 23 heavy (non-hydrogen) atoms. The van der Waals surface area contributed by atoms with Gasteiger partial charge in [0.15, 0.2) is 0 Å². The molecule has 0 saturated carbocycles. The molecule has 0 saturated heterocycles. The monoisotopic (exact) mass is 342 g/mol. The van der Waals surface area contributed by atoms with Crippen molar-refractivity contribution in [2.45, 2.75) is 56.8 Å². The number of rotatable bonds is 8. The third-order valence-electron chi connectivity index (χ3n) is 4.04. The summed E-state index contributed by atoms with van der Waals surface area (Å²) in [5.74, 6) is 0. The van der Waals surface area contributed by atoms with Gasteiger partial charge in [-0.3, -0.25) is 0 Å². The third-order valence-corrected chi connectivity index (χ3v) is 4.94. The van der Waals surface area contributed by atoms with E-state index < -0.39 is 10.1 Å². The molecule has 0 fully saturated rings. The molecule has 0 aliphatic carbocycles. The van der Waals surface area contributed by atoms with E-state index in [0.29, 0.717) is 5.39 Å². The van der Waals surface area contributed by atoms with Gasteiger partial charge in [0, 0.05) is 0 Å². The van der Waals surface area contributed by atoms with E-state index in [1.807, 2.05) is 18.2 Å². The standard InChI is InChI=1S/C18H24O3S.Na/c1-2-3-4-5-6-7-10-15-11-8-13-17-16(15)12-9-14-18(17)22(19,20)21;/h8-9,11-14H,2-7,10H2,1H3,(H,19,20,21);/q;+1/p-1. The van der Waals surface area contributed by atoms with Crippen molar-refractivity contribution < 1.29 is 42.5 Å². The van der Waals surface area contributed by atoms with E-state index in [0.717, 1.165) is 23.8 Å². The molecule has 0 aromatic heterocycles. The van der Waals surface area contributed by atoms with Gasteiger partial charge in [-0.25, -0.2) is 8.42 Å². The van der Waals surface area contributed by atoms with Crippen molar-refractivity contribution >= 4 is 20.9 Å². The molecule has 2 rings (SSSR count). The van der Waals surface area contributed by atoms with Crippen LogP contribution in [0.25, 0.3) is 10.8 Å². The second-order valence-corrected chi connectivity index (χ2v) is 7.09. The molecule has 0 aliphatic rings. The maximum Gasteiger partial charge on any atom is 1.00 e. The van der Waals surface area contributed by atoms with Crippen molar-refractivity contribution in [3.05, 3.63) is 42.0 Å². The Bertz CT molecular complexity index is 726. The van der Waals surface area contributed by atoms with Crippen molar-refractivity contribution in [2.75, 3.05) is 0 Å². The second-order valence-electron chi connectivity index (χ2n) is 5.74. The van der Waals surface area contributed by atoms with Crippen LogP contribution in [-0.4, -0.2) is 13.0 Å². The third kappa shape index (κ3) is 5.87. The quantitative estimate of drug-likeness (QED) is 0.416. The zero-order valence-electron chi connectivity index (χ0n) is 14.0. The number of benzene rings is 2. The first-order valence-corrected chi connectivity index (χ1v) is 9.41. The van der Waals surface area contributed by atoms with E-state index in [-0.39, 0.29) is 34.5 Å². The van der Waals surface area contributed by atoms with Crippen LogP contribution in [0.2, 0.25) is 0 Å². The molecule has 0 atom stereocenters. The van der Waals surface area contributed by atoms with Gasteiger partial charge in [0.2, 0.25) is 0 Å². The van der Waals surface area contributed by atoms with Crippen LogP contribution >= 0.6 is 0 Å². The molecule has 2 aromatic rings. The van der Waals surface area contributed by atoms with Crippen LogP contribution < -0.4 is 29.6 Å². The first-order chi connectivity index (χ1) is 10.5. The van der Waals surface area contributed by atoms with E-state index in [4.69, 9.17) is 0 Å². The van der Waals surface area contributed by atoms with Crippen molar-refractivity contribution in [3.63, 3.8) is 0 Å². The van der Waals surface area contributed by atoms with Gasteiger partial charge in [0.1, 0.15) is 10.1 Å². The topological polar surface area (TPSA) is 57.2 Å². The normalized spacial score (nSPS) is 11.4. The van der Waals surface area contributed by atoms with E-state index in [2.05, 4.69) is 6.92 Å². The molecule has 0 unspecified atom stereocenters. The number of hydrogen-bond donors (Lipinski definition) is 0. The smallest absolute Gasteiger partial charge is 0.744 e. The van der Waals surface area contributed by atoms with Crippen LogP contribution in [0.5, 0.6) is 0 Å². The van der Waals surface area contributed by atoms with E-state index in [1.54, 1.807) is 12.1 Å². The van der Waals surface area contributed by atoms with E-state index in [1.165, 1.54) is 38.2 Å². The first kappa shape index (κ1) is 20.7. The maximum atomic E-state index is 11.4. The molecule has 5 heteroatoms. The van der Waals surface area contributed by atoms with Crippen molar-refractivity contribution in [1.82, 2.24) is 0 Å². The summed E-state index contributed by atoms with van der Waals surface area (Å²) >= 11 is 0. The molecule has 0 aliphatic heterocycles. The Labute approximate surface area is 161 Å². The van der Waals surface area contributed by atoms with Gasteiger partial charge in [0.05, 0.1) is 4.90 Å². The first-order valence-electron chi connectivity index (χ1n) is 8.00. The van der Waals surface area contributed by atoms with Gasteiger partial charge in [-0.15, -0.1) is 0 Å². The molecule has 0 radical (unpaired) electrons. The Morgan fingerprint density at radius 3 is 2.17 bits per heavy atom. The summed E-state index contributed by atoms with van der Waals surface area (Å²) in [6, 6.07) is 10.5. The van der Waals surface area contributed by atoms with Crippen molar-refractivity contribution in [3.8, 4) is 0 Å². The summed E-state index contributed by atoms with van der Waals surface area (Å²) in [5.41, 5.74) is 1.12. The van der Waals surface area contributed by atoms with Crippen LogP contribution in [0, 0.1) is 0 Å². The van der Waals surface area contributed by atoms with Gasteiger partial charge < -0.3 is 4.55 Å². The molecule has 2 aromatic carbocycles. The summed E-state index contributed by atoms with van der Waals surface area (Å²) < 4.78 is 34.1.